The van der Waals surface area contributed by atoms with Gasteiger partial charge in [-0.1, -0.05) is 17.7 Å². The van der Waals surface area contributed by atoms with Crippen molar-refractivity contribution >= 4 is 11.6 Å². The Balaban J connectivity index is 2.37. The molecular weight excluding hydrogens is 224 g/mol. The van der Waals surface area contributed by atoms with E-state index < -0.39 is 0 Å². The van der Waals surface area contributed by atoms with Crippen LogP contribution >= 0.6 is 11.6 Å². The van der Waals surface area contributed by atoms with Crippen LogP contribution in [-0.4, -0.2) is 16.9 Å². The number of benzene rings is 1. The van der Waals surface area contributed by atoms with Crippen molar-refractivity contribution in [2.24, 2.45) is 0 Å². The lowest BCUT2D eigenvalue weighted by atomic mass is 10.1. The lowest BCUT2D eigenvalue weighted by Gasteiger charge is -2.04. The van der Waals surface area contributed by atoms with Gasteiger partial charge in [0.1, 0.15) is 5.75 Å². The van der Waals surface area contributed by atoms with Gasteiger partial charge in [0.2, 0.25) is 0 Å². The molecule has 0 aliphatic rings. The molecule has 0 atom stereocenters. The Morgan fingerprint density at radius 1 is 1.38 bits per heavy atom. The van der Waals surface area contributed by atoms with E-state index in [9.17, 15) is 0 Å². The summed E-state index contributed by atoms with van der Waals surface area (Å²) in [5.41, 5.74) is 2.11. The van der Waals surface area contributed by atoms with Crippen LogP contribution in [0, 0.1) is 0 Å². The van der Waals surface area contributed by atoms with Gasteiger partial charge in [0.15, 0.2) is 0 Å². The first-order valence-corrected chi connectivity index (χ1v) is 5.48. The van der Waals surface area contributed by atoms with Gasteiger partial charge in [-0.05, 0) is 24.6 Å². The minimum Gasteiger partial charge on any atom is -0.495 e. The molecular formula is C12H13ClN2O. The third-order valence-corrected chi connectivity index (χ3v) is 2.74. The van der Waals surface area contributed by atoms with Crippen LogP contribution in [0.1, 0.15) is 6.92 Å². The number of ether oxygens (including phenoxy) is 1. The normalized spacial score (nSPS) is 10.4. The molecule has 0 spiro atoms. The van der Waals surface area contributed by atoms with Crippen LogP contribution in [0.2, 0.25) is 5.02 Å². The van der Waals surface area contributed by atoms with E-state index in [0.717, 1.165) is 17.7 Å². The highest BCUT2D eigenvalue weighted by molar-refractivity contribution is 6.32. The fourth-order valence-electron chi connectivity index (χ4n) is 1.53. The number of hydrogen-bond acceptors (Lipinski definition) is 2. The molecule has 1 aromatic heterocycles. The largest absolute Gasteiger partial charge is 0.495 e. The molecule has 0 unspecified atom stereocenters. The molecule has 0 amide bonds. The Bertz CT molecular complexity index is 494. The fraction of sp³-hybridized carbons (Fsp3) is 0.250. The zero-order valence-corrected chi connectivity index (χ0v) is 10.0. The van der Waals surface area contributed by atoms with Crippen molar-refractivity contribution in [1.82, 2.24) is 9.78 Å². The van der Waals surface area contributed by atoms with Crippen molar-refractivity contribution in [2.45, 2.75) is 13.5 Å². The van der Waals surface area contributed by atoms with Gasteiger partial charge in [-0.2, -0.15) is 5.10 Å². The van der Waals surface area contributed by atoms with Gasteiger partial charge < -0.3 is 4.74 Å². The number of nitrogens with zero attached hydrogens (tertiary/aromatic N) is 2. The summed E-state index contributed by atoms with van der Waals surface area (Å²) in [7, 11) is 1.61. The van der Waals surface area contributed by atoms with E-state index in [1.54, 1.807) is 7.11 Å². The topological polar surface area (TPSA) is 27.1 Å². The maximum absolute atomic E-state index is 6.07. The Labute approximate surface area is 99.6 Å². The van der Waals surface area contributed by atoms with Crippen molar-refractivity contribution in [3.63, 3.8) is 0 Å². The highest BCUT2D eigenvalue weighted by atomic mass is 35.5. The van der Waals surface area contributed by atoms with Gasteiger partial charge in [0.05, 0.1) is 18.3 Å². The first-order chi connectivity index (χ1) is 7.74. The first-order valence-electron chi connectivity index (χ1n) is 5.11. The molecule has 1 heterocycles. The highest BCUT2D eigenvalue weighted by Gasteiger charge is 2.05. The number of aromatic nitrogens is 2. The number of halogens is 1. The van der Waals surface area contributed by atoms with Crippen LogP contribution in [0.15, 0.2) is 30.6 Å². The van der Waals surface area contributed by atoms with Gasteiger partial charge in [0, 0.05) is 18.3 Å². The zero-order valence-electron chi connectivity index (χ0n) is 9.27. The van der Waals surface area contributed by atoms with Gasteiger partial charge in [-0.25, -0.2) is 0 Å². The second kappa shape index (κ2) is 4.58. The summed E-state index contributed by atoms with van der Waals surface area (Å²) < 4.78 is 6.99. The summed E-state index contributed by atoms with van der Waals surface area (Å²) in [6.07, 6.45) is 3.83. The maximum Gasteiger partial charge on any atom is 0.137 e. The third kappa shape index (κ3) is 2.04. The Morgan fingerprint density at radius 2 is 2.19 bits per heavy atom. The molecule has 4 heteroatoms. The Hall–Kier alpha value is -1.48. The van der Waals surface area contributed by atoms with E-state index in [1.165, 1.54) is 0 Å². The summed E-state index contributed by atoms with van der Waals surface area (Å²) in [4.78, 5) is 0. The van der Waals surface area contributed by atoms with E-state index in [-0.39, 0.29) is 0 Å². The molecule has 3 nitrogen and oxygen atoms in total. The van der Waals surface area contributed by atoms with Crippen LogP contribution in [0.25, 0.3) is 11.1 Å². The smallest absolute Gasteiger partial charge is 0.137 e. The van der Waals surface area contributed by atoms with Crippen LogP contribution in [0.5, 0.6) is 5.75 Å². The molecule has 0 aliphatic heterocycles. The maximum atomic E-state index is 6.07. The number of hydrogen-bond donors (Lipinski definition) is 0. The van der Waals surface area contributed by atoms with E-state index in [1.807, 2.05) is 35.3 Å². The minimum absolute atomic E-state index is 0.615. The quantitative estimate of drug-likeness (QED) is 0.818. The lowest BCUT2D eigenvalue weighted by Crippen LogP contribution is -1.92. The minimum atomic E-state index is 0.615. The Kier molecular flexibility index (Phi) is 3.15. The summed E-state index contributed by atoms with van der Waals surface area (Å²) in [5, 5.41) is 4.84. The third-order valence-electron chi connectivity index (χ3n) is 2.44. The molecule has 0 fully saturated rings. The molecule has 0 bridgehead atoms. The molecule has 0 saturated heterocycles. The fourth-order valence-corrected chi connectivity index (χ4v) is 1.79. The average Bonchev–Trinajstić information content (AvgIpc) is 2.77. The summed E-state index contributed by atoms with van der Waals surface area (Å²) >= 11 is 6.07. The molecule has 0 N–H and O–H groups in total. The summed E-state index contributed by atoms with van der Waals surface area (Å²) in [5.74, 6) is 0.688. The second-order valence-corrected chi connectivity index (χ2v) is 3.84. The average molecular weight is 237 g/mol. The number of rotatable bonds is 3. The molecule has 0 aliphatic carbocycles. The van der Waals surface area contributed by atoms with Gasteiger partial charge in [-0.15, -0.1) is 0 Å². The predicted molar refractivity (Wildman–Crippen MR) is 64.9 cm³/mol. The zero-order chi connectivity index (χ0) is 11.5. The highest BCUT2D eigenvalue weighted by Crippen LogP contribution is 2.29. The van der Waals surface area contributed by atoms with Gasteiger partial charge in [0.25, 0.3) is 0 Å². The molecule has 0 saturated carbocycles. The molecule has 84 valence electrons. The van der Waals surface area contributed by atoms with Crippen LogP contribution < -0.4 is 4.74 Å². The van der Waals surface area contributed by atoms with Crippen molar-refractivity contribution in [1.29, 1.82) is 0 Å². The standard InChI is InChI=1S/C12H13ClN2O/c1-3-15-8-10(7-14-15)9-4-5-12(16-2)11(13)6-9/h4-8H,3H2,1-2H3. The van der Waals surface area contributed by atoms with E-state index in [4.69, 9.17) is 16.3 Å². The molecule has 16 heavy (non-hydrogen) atoms. The summed E-state index contributed by atoms with van der Waals surface area (Å²) in [6.45, 7) is 2.92. The lowest BCUT2D eigenvalue weighted by molar-refractivity contribution is 0.415. The van der Waals surface area contributed by atoms with Crippen LogP contribution in [0.4, 0.5) is 0 Å². The van der Waals surface area contributed by atoms with E-state index >= 15 is 0 Å². The van der Waals surface area contributed by atoms with Crippen LogP contribution in [0.3, 0.4) is 0 Å². The van der Waals surface area contributed by atoms with Crippen molar-refractivity contribution in [3.05, 3.63) is 35.6 Å². The number of aryl methyl sites for hydroxylation is 1. The molecule has 2 aromatic rings. The first kappa shape index (κ1) is 11.0. The van der Waals surface area contributed by atoms with Gasteiger partial charge in [-0.3, -0.25) is 4.68 Å². The monoisotopic (exact) mass is 236 g/mol. The molecule has 1 aromatic carbocycles. The summed E-state index contributed by atoms with van der Waals surface area (Å²) in [6, 6.07) is 5.72. The second-order valence-electron chi connectivity index (χ2n) is 3.43. The Morgan fingerprint density at radius 3 is 2.75 bits per heavy atom. The van der Waals surface area contributed by atoms with Crippen molar-refractivity contribution in [2.75, 3.05) is 7.11 Å². The van der Waals surface area contributed by atoms with Crippen molar-refractivity contribution in [3.8, 4) is 16.9 Å². The van der Waals surface area contributed by atoms with E-state index in [0.29, 0.717) is 10.8 Å². The molecule has 0 radical (unpaired) electrons. The van der Waals surface area contributed by atoms with Crippen LogP contribution in [-0.2, 0) is 6.54 Å². The van der Waals surface area contributed by atoms with Gasteiger partial charge >= 0.3 is 0 Å². The van der Waals surface area contributed by atoms with Crippen molar-refractivity contribution < 1.29 is 4.74 Å². The van der Waals surface area contributed by atoms with E-state index in [2.05, 4.69) is 12.0 Å². The predicted octanol–water partition coefficient (Wildman–Crippen LogP) is 3.23. The number of methoxy groups -OCH3 is 1. The molecule has 2 rings (SSSR count). The SMILES string of the molecule is CCn1cc(-c2ccc(OC)c(Cl)c2)cn1.